The van der Waals surface area contributed by atoms with Gasteiger partial charge in [0.05, 0.1) is 5.69 Å². The first-order chi connectivity index (χ1) is 6.10. The Morgan fingerprint density at radius 3 is 2.46 bits per heavy atom. The van der Waals surface area contributed by atoms with Crippen molar-refractivity contribution in [3.8, 4) is 0 Å². The predicted molar refractivity (Wildman–Crippen MR) is 53.6 cm³/mol. The van der Waals surface area contributed by atoms with Gasteiger partial charge in [0.1, 0.15) is 5.82 Å². The summed E-state index contributed by atoms with van der Waals surface area (Å²) in [5.41, 5.74) is 8.67. The fourth-order valence-corrected chi connectivity index (χ4v) is 2.06. The molecule has 2 N–H and O–H groups in total. The molecule has 0 saturated heterocycles. The summed E-state index contributed by atoms with van der Waals surface area (Å²) in [5.74, 6) is 0.815. The van der Waals surface area contributed by atoms with Crippen LogP contribution in [0.15, 0.2) is 0 Å². The highest BCUT2D eigenvalue weighted by atomic mass is 15.3. The molecule has 0 radical (unpaired) electrons. The first-order valence-electron chi connectivity index (χ1n) is 4.90. The largest absolute Gasteiger partial charge is 0.384 e. The standard InChI is InChI=1S/C10H17N3/c1-4-10(5-6-10)8-7(2)9(11)13(3)12-8/h4-6,11H2,1-3H3. The van der Waals surface area contributed by atoms with E-state index in [-0.39, 0.29) is 0 Å². The molecular formula is C10H17N3. The Labute approximate surface area is 78.9 Å². The van der Waals surface area contributed by atoms with Crippen LogP contribution in [0, 0.1) is 6.92 Å². The average molecular weight is 179 g/mol. The third-order valence-electron chi connectivity index (χ3n) is 3.37. The van der Waals surface area contributed by atoms with Gasteiger partial charge in [-0.1, -0.05) is 6.92 Å². The van der Waals surface area contributed by atoms with E-state index >= 15 is 0 Å². The molecule has 3 heteroatoms. The zero-order chi connectivity index (χ0) is 9.64. The quantitative estimate of drug-likeness (QED) is 0.751. The van der Waals surface area contributed by atoms with E-state index in [0.29, 0.717) is 5.41 Å². The fourth-order valence-electron chi connectivity index (χ4n) is 2.06. The Morgan fingerprint density at radius 2 is 2.15 bits per heavy atom. The Balaban J connectivity index is 2.46. The van der Waals surface area contributed by atoms with Gasteiger partial charge < -0.3 is 5.73 Å². The van der Waals surface area contributed by atoms with E-state index in [4.69, 9.17) is 5.73 Å². The van der Waals surface area contributed by atoms with Crippen LogP contribution in [0.2, 0.25) is 0 Å². The summed E-state index contributed by atoms with van der Waals surface area (Å²) in [6, 6.07) is 0. The first-order valence-corrected chi connectivity index (χ1v) is 4.90. The lowest BCUT2D eigenvalue weighted by atomic mass is 9.96. The number of nitrogen functional groups attached to an aromatic ring is 1. The highest BCUT2D eigenvalue weighted by molar-refractivity contribution is 5.46. The van der Waals surface area contributed by atoms with Crippen molar-refractivity contribution >= 4 is 5.82 Å². The van der Waals surface area contributed by atoms with E-state index in [2.05, 4.69) is 18.9 Å². The summed E-state index contributed by atoms with van der Waals surface area (Å²) in [6.45, 7) is 4.31. The number of rotatable bonds is 2. The molecule has 3 nitrogen and oxygen atoms in total. The van der Waals surface area contributed by atoms with Gasteiger partial charge in [0.15, 0.2) is 0 Å². The number of nitrogens with zero attached hydrogens (tertiary/aromatic N) is 2. The molecule has 0 aliphatic heterocycles. The third-order valence-corrected chi connectivity index (χ3v) is 3.37. The number of hydrogen-bond acceptors (Lipinski definition) is 2. The first kappa shape index (κ1) is 8.60. The Kier molecular flexibility index (Phi) is 1.65. The van der Waals surface area contributed by atoms with Crippen molar-refractivity contribution in [1.82, 2.24) is 9.78 Å². The second kappa shape index (κ2) is 2.50. The Morgan fingerprint density at radius 1 is 1.54 bits per heavy atom. The Bertz CT molecular complexity index is 334. The van der Waals surface area contributed by atoms with Crippen molar-refractivity contribution in [2.24, 2.45) is 7.05 Å². The lowest BCUT2D eigenvalue weighted by Crippen LogP contribution is -2.07. The van der Waals surface area contributed by atoms with Gasteiger partial charge in [-0.15, -0.1) is 0 Å². The van der Waals surface area contributed by atoms with Gasteiger partial charge in [0.25, 0.3) is 0 Å². The van der Waals surface area contributed by atoms with E-state index in [1.54, 1.807) is 4.68 Å². The molecule has 72 valence electrons. The monoisotopic (exact) mass is 179 g/mol. The molecule has 0 unspecified atom stereocenters. The van der Waals surface area contributed by atoms with E-state index in [1.165, 1.54) is 30.5 Å². The van der Waals surface area contributed by atoms with Crippen molar-refractivity contribution in [3.05, 3.63) is 11.3 Å². The number of hydrogen-bond donors (Lipinski definition) is 1. The minimum Gasteiger partial charge on any atom is -0.384 e. The summed E-state index contributed by atoms with van der Waals surface area (Å²) in [5, 5.41) is 4.51. The molecule has 0 atom stereocenters. The molecule has 0 bridgehead atoms. The molecule has 2 rings (SSSR count). The zero-order valence-electron chi connectivity index (χ0n) is 8.59. The van der Waals surface area contributed by atoms with Gasteiger partial charge >= 0.3 is 0 Å². The third kappa shape index (κ3) is 1.06. The average Bonchev–Trinajstić information content (AvgIpc) is 2.87. The molecule has 0 aromatic carbocycles. The molecule has 1 saturated carbocycles. The number of nitrogens with two attached hydrogens (primary N) is 1. The highest BCUT2D eigenvalue weighted by Crippen LogP contribution is 2.51. The molecule has 13 heavy (non-hydrogen) atoms. The molecule has 1 aliphatic rings. The summed E-state index contributed by atoms with van der Waals surface area (Å²) >= 11 is 0. The van der Waals surface area contributed by atoms with E-state index in [9.17, 15) is 0 Å². The fraction of sp³-hybridized carbons (Fsp3) is 0.700. The molecule has 1 fully saturated rings. The molecule has 1 aromatic rings. The van der Waals surface area contributed by atoms with Gasteiger partial charge in [-0.05, 0) is 26.2 Å². The van der Waals surface area contributed by atoms with Gasteiger partial charge in [-0.2, -0.15) is 5.10 Å². The molecule has 1 aliphatic carbocycles. The summed E-state index contributed by atoms with van der Waals surface area (Å²) in [6.07, 6.45) is 3.74. The smallest absolute Gasteiger partial charge is 0.124 e. The minimum absolute atomic E-state index is 0.374. The van der Waals surface area contributed by atoms with Crippen molar-refractivity contribution in [2.45, 2.75) is 38.5 Å². The molecular weight excluding hydrogens is 162 g/mol. The molecule has 0 spiro atoms. The number of aromatic nitrogens is 2. The van der Waals surface area contributed by atoms with Gasteiger partial charge in [-0.25, -0.2) is 0 Å². The topological polar surface area (TPSA) is 43.8 Å². The Hall–Kier alpha value is -0.990. The van der Waals surface area contributed by atoms with Crippen LogP contribution in [-0.4, -0.2) is 9.78 Å². The van der Waals surface area contributed by atoms with Crippen LogP contribution in [0.5, 0.6) is 0 Å². The summed E-state index contributed by atoms with van der Waals surface area (Å²) < 4.78 is 1.79. The van der Waals surface area contributed by atoms with Crippen LogP contribution < -0.4 is 5.73 Å². The molecule has 0 amide bonds. The zero-order valence-corrected chi connectivity index (χ0v) is 8.59. The second-order valence-electron chi connectivity index (χ2n) is 4.12. The van der Waals surface area contributed by atoms with E-state index in [0.717, 1.165) is 5.82 Å². The second-order valence-corrected chi connectivity index (χ2v) is 4.12. The van der Waals surface area contributed by atoms with E-state index in [1.807, 2.05) is 7.05 Å². The maximum Gasteiger partial charge on any atom is 0.124 e. The van der Waals surface area contributed by atoms with Crippen molar-refractivity contribution in [2.75, 3.05) is 5.73 Å². The van der Waals surface area contributed by atoms with Crippen LogP contribution >= 0.6 is 0 Å². The SMILES string of the molecule is CCC1(c2nn(C)c(N)c2C)CC1. The highest BCUT2D eigenvalue weighted by Gasteiger charge is 2.45. The minimum atomic E-state index is 0.374. The van der Waals surface area contributed by atoms with Crippen LogP contribution in [0.3, 0.4) is 0 Å². The number of aryl methyl sites for hydroxylation is 1. The maximum absolute atomic E-state index is 5.88. The van der Waals surface area contributed by atoms with E-state index < -0.39 is 0 Å². The maximum atomic E-state index is 5.88. The molecule has 1 aromatic heterocycles. The normalized spacial score (nSPS) is 19.0. The predicted octanol–water partition coefficient (Wildman–Crippen LogP) is 1.75. The lowest BCUT2D eigenvalue weighted by Gasteiger charge is -2.09. The van der Waals surface area contributed by atoms with Gasteiger partial charge in [0, 0.05) is 18.0 Å². The van der Waals surface area contributed by atoms with Crippen molar-refractivity contribution < 1.29 is 0 Å². The van der Waals surface area contributed by atoms with Crippen LogP contribution in [0.1, 0.15) is 37.4 Å². The lowest BCUT2D eigenvalue weighted by molar-refractivity contribution is 0.614. The van der Waals surface area contributed by atoms with Gasteiger partial charge in [-0.3, -0.25) is 4.68 Å². The van der Waals surface area contributed by atoms with Crippen molar-refractivity contribution in [3.63, 3.8) is 0 Å². The van der Waals surface area contributed by atoms with Crippen LogP contribution in [-0.2, 0) is 12.5 Å². The van der Waals surface area contributed by atoms with Gasteiger partial charge in [0.2, 0.25) is 0 Å². The van der Waals surface area contributed by atoms with Crippen LogP contribution in [0.4, 0.5) is 5.82 Å². The van der Waals surface area contributed by atoms with Crippen molar-refractivity contribution in [1.29, 1.82) is 0 Å². The molecule has 1 heterocycles. The van der Waals surface area contributed by atoms with Crippen LogP contribution in [0.25, 0.3) is 0 Å². The summed E-state index contributed by atoms with van der Waals surface area (Å²) in [7, 11) is 1.91. The summed E-state index contributed by atoms with van der Waals surface area (Å²) in [4.78, 5) is 0. The number of anilines is 1.